The Morgan fingerprint density at radius 1 is 1.25 bits per heavy atom. The molecule has 5 rings (SSSR count). The maximum atomic E-state index is 11.5. The van der Waals surface area contributed by atoms with Gasteiger partial charge in [0.2, 0.25) is 0 Å². The molecule has 32 heavy (non-hydrogen) atoms. The fourth-order valence-electron chi connectivity index (χ4n) is 4.98. The molecule has 0 unspecified atom stereocenters. The SMILES string of the molecule is COc1cc(-c2cn[nH]c2)cc2c1OC[C@H]1[C@@H]2Nc2ccc(CP(=O)(O)O)cc2C1(C)C. The average molecular weight is 455 g/mol. The number of benzene rings is 2. The summed E-state index contributed by atoms with van der Waals surface area (Å²) in [5, 5.41) is 10.6. The summed E-state index contributed by atoms with van der Waals surface area (Å²) < 4.78 is 23.4. The molecule has 4 N–H and O–H groups in total. The molecule has 0 saturated carbocycles. The molecule has 9 heteroatoms. The molecule has 3 aromatic rings. The predicted octanol–water partition coefficient (Wildman–Crippen LogP) is 4.22. The van der Waals surface area contributed by atoms with Gasteiger partial charge in [-0.3, -0.25) is 9.66 Å². The van der Waals surface area contributed by atoms with Crippen molar-refractivity contribution in [1.82, 2.24) is 10.2 Å². The van der Waals surface area contributed by atoms with Crippen LogP contribution in [0.2, 0.25) is 0 Å². The summed E-state index contributed by atoms with van der Waals surface area (Å²) in [7, 11) is -2.50. The molecular weight excluding hydrogens is 429 g/mol. The van der Waals surface area contributed by atoms with Crippen LogP contribution in [0.4, 0.5) is 5.69 Å². The highest BCUT2D eigenvalue weighted by atomic mass is 31.2. The second kappa shape index (κ2) is 7.37. The second-order valence-corrected chi connectivity index (χ2v) is 10.7. The molecule has 2 aliphatic rings. The minimum absolute atomic E-state index is 0.00497. The van der Waals surface area contributed by atoms with Crippen LogP contribution in [0.15, 0.2) is 42.7 Å². The number of aromatic nitrogens is 2. The van der Waals surface area contributed by atoms with E-state index in [1.54, 1.807) is 19.4 Å². The van der Waals surface area contributed by atoms with E-state index in [4.69, 9.17) is 9.47 Å². The molecule has 2 aliphatic heterocycles. The Morgan fingerprint density at radius 3 is 2.75 bits per heavy atom. The van der Waals surface area contributed by atoms with E-state index in [9.17, 15) is 14.4 Å². The van der Waals surface area contributed by atoms with E-state index in [1.807, 2.05) is 24.4 Å². The van der Waals surface area contributed by atoms with Gasteiger partial charge in [0.15, 0.2) is 11.5 Å². The lowest BCUT2D eigenvalue weighted by Crippen LogP contribution is -2.46. The van der Waals surface area contributed by atoms with Gasteiger partial charge in [0.1, 0.15) is 0 Å². The molecular formula is C23H26N3O5P. The lowest BCUT2D eigenvalue weighted by Gasteiger charge is -2.49. The second-order valence-electron chi connectivity index (χ2n) is 9.05. The first kappa shape index (κ1) is 21.1. The van der Waals surface area contributed by atoms with Crippen molar-refractivity contribution in [2.75, 3.05) is 19.0 Å². The minimum Gasteiger partial charge on any atom is -0.493 e. The smallest absolute Gasteiger partial charge is 0.329 e. The fraction of sp³-hybridized carbons (Fsp3) is 0.348. The number of fused-ring (bicyclic) bond motifs is 4. The van der Waals surface area contributed by atoms with Crippen LogP contribution in [0.5, 0.6) is 11.5 Å². The normalized spacial score (nSPS) is 20.9. The zero-order valence-corrected chi connectivity index (χ0v) is 19.0. The van der Waals surface area contributed by atoms with E-state index in [1.165, 1.54) is 0 Å². The molecule has 2 aromatic carbocycles. The Kier molecular flexibility index (Phi) is 4.85. The van der Waals surface area contributed by atoms with Crippen LogP contribution in [-0.2, 0) is 16.1 Å². The first-order valence-electron chi connectivity index (χ1n) is 10.5. The zero-order valence-electron chi connectivity index (χ0n) is 18.1. The van der Waals surface area contributed by atoms with Crippen molar-refractivity contribution in [1.29, 1.82) is 0 Å². The molecule has 2 atom stereocenters. The monoisotopic (exact) mass is 455 g/mol. The number of nitrogens with one attached hydrogen (secondary N) is 2. The van der Waals surface area contributed by atoms with E-state index in [-0.39, 0.29) is 23.5 Å². The van der Waals surface area contributed by atoms with Gasteiger partial charge in [-0.05, 0) is 34.9 Å². The summed E-state index contributed by atoms with van der Waals surface area (Å²) in [5.74, 6) is 1.53. The number of methoxy groups -OCH3 is 1. The molecule has 0 bridgehead atoms. The molecule has 0 saturated heterocycles. The molecule has 0 aliphatic carbocycles. The molecule has 8 nitrogen and oxygen atoms in total. The fourth-order valence-corrected chi connectivity index (χ4v) is 5.65. The number of nitrogens with zero attached hydrogens (tertiary/aromatic N) is 1. The third-order valence-corrected chi connectivity index (χ3v) is 7.46. The maximum absolute atomic E-state index is 11.5. The number of H-pyrrole nitrogens is 1. The van der Waals surface area contributed by atoms with Crippen LogP contribution in [-0.4, -0.2) is 33.7 Å². The molecule has 3 heterocycles. The van der Waals surface area contributed by atoms with Gasteiger partial charge >= 0.3 is 7.60 Å². The van der Waals surface area contributed by atoms with E-state index in [0.29, 0.717) is 17.9 Å². The summed E-state index contributed by atoms with van der Waals surface area (Å²) in [6.45, 7) is 4.83. The maximum Gasteiger partial charge on any atom is 0.329 e. The first-order chi connectivity index (χ1) is 15.2. The van der Waals surface area contributed by atoms with E-state index >= 15 is 0 Å². The first-order valence-corrected chi connectivity index (χ1v) is 12.3. The third kappa shape index (κ3) is 3.48. The summed E-state index contributed by atoms with van der Waals surface area (Å²) in [5.41, 5.74) is 5.32. The van der Waals surface area contributed by atoms with Crippen molar-refractivity contribution in [3.8, 4) is 22.6 Å². The number of anilines is 1. The average Bonchev–Trinajstić information content (AvgIpc) is 3.27. The van der Waals surface area contributed by atoms with Gasteiger partial charge in [0.25, 0.3) is 0 Å². The van der Waals surface area contributed by atoms with Gasteiger partial charge in [-0.15, -0.1) is 0 Å². The van der Waals surface area contributed by atoms with Gasteiger partial charge in [-0.1, -0.05) is 26.0 Å². The van der Waals surface area contributed by atoms with Crippen molar-refractivity contribution in [2.24, 2.45) is 5.92 Å². The van der Waals surface area contributed by atoms with Crippen molar-refractivity contribution < 1.29 is 23.8 Å². The summed E-state index contributed by atoms with van der Waals surface area (Å²) in [6, 6.07) is 9.69. The number of ether oxygens (including phenoxy) is 2. The van der Waals surface area contributed by atoms with E-state index in [2.05, 4.69) is 35.4 Å². The number of hydrogen-bond donors (Lipinski definition) is 4. The van der Waals surface area contributed by atoms with Crippen LogP contribution in [0.25, 0.3) is 11.1 Å². The van der Waals surface area contributed by atoms with Crippen LogP contribution in [0, 0.1) is 5.92 Å². The Morgan fingerprint density at radius 2 is 2.06 bits per heavy atom. The van der Waals surface area contributed by atoms with E-state index in [0.717, 1.165) is 33.7 Å². The lowest BCUT2D eigenvalue weighted by molar-refractivity contribution is 0.131. The van der Waals surface area contributed by atoms with Crippen molar-refractivity contribution in [3.63, 3.8) is 0 Å². The Labute approximate surface area is 186 Å². The number of aromatic amines is 1. The van der Waals surface area contributed by atoms with Crippen LogP contribution in [0.1, 0.15) is 36.6 Å². The van der Waals surface area contributed by atoms with Gasteiger partial charge in [-0.2, -0.15) is 5.10 Å². The molecule has 0 spiro atoms. The van der Waals surface area contributed by atoms with Gasteiger partial charge in [0.05, 0.1) is 32.1 Å². The van der Waals surface area contributed by atoms with Gasteiger partial charge in [-0.25, -0.2) is 0 Å². The topological polar surface area (TPSA) is 117 Å². The Balaban J connectivity index is 1.61. The highest BCUT2D eigenvalue weighted by molar-refractivity contribution is 7.50. The predicted molar refractivity (Wildman–Crippen MR) is 121 cm³/mol. The molecule has 1 aromatic heterocycles. The van der Waals surface area contributed by atoms with Crippen molar-refractivity contribution in [2.45, 2.75) is 31.5 Å². The largest absolute Gasteiger partial charge is 0.493 e. The summed E-state index contributed by atoms with van der Waals surface area (Å²) >= 11 is 0. The molecule has 0 fully saturated rings. The van der Waals surface area contributed by atoms with Gasteiger partial charge < -0.3 is 24.6 Å². The standard InChI is InChI=1S/C23H26N3O5P/c1-23(2)17-6-13(12-32(27,28)29)4-5-19(17)26-21-16-7-14(15-9-24-25-10-15)8-20(30-3)22(16)31-11-18(21)23/h4-10,18,21,26H,11-12H2,1-3H3,(H,24,25)(H2,27,28,29)/t18-,21+/m0/s1. The third-order valence-electron chi connectivity index (χ3n) is 6.68. The number of hydrogen-bond acceptors (Lipinski definition) is 5. The van der Waals surface area contributed by atoms with Crippen LogP contribution in [0.3, 0.4) is 0 Å². The van der Waals surface area contributed by atoms with E-state index < -0.39 is 7.60 Å². The van der Waals surface area contributed by atoms with Gasteiger partial charge in [0, 0.05) is 34.3 Å². The lowest BCUT2D eigenvalue weighted by atomic mass is 9.65. The highest BCUT2D eigenvalue weighted by Gasteiger charge is 2.47. The summed E-state index contributed by atoms with van der Waals surface area (Å²) in [6.07, 6.45) is 3.35. The van der Waals surface area contributed by atoms with Crippen LogP contribution < -0.4 is 14.8 Å². The molecule has 168 valence electrons. The molecule has 0 radical (unpaired) electrons. The Hall–Kier alpha value is -2.80. The number of rotatable bonds is 4. The summed E-state index contributed by atoms with van der Waals surface area (Å²) in [4.78, 5) is 18.8. The van der Waals surface area contributed by atoms with Crippen LogP contribution >= 0.6 is 7.60 Å². The quantitative estimate of drug-likeness (QED) is 0.435. The minimum atomic E-state index is -4.14. The highest BCUT2D eigenvalue weighted by Crippen LogP contribution is 2.55. The Bertz CT molecular complexity index is 1220. The molecule has 0 amide bonds. The zero-order chi connectivity index (χ0) is 22.7. The van der Waals surface area contributed by atoms with Crippen molar-refractivity contribution in [3.05, 3.63) is 59.4 Å². The van der Waals surface area contributed by atoms with Crippen molar-refractivity contribution >= 4 is 13.3 Å².